The summed E-state index contributed by atoms with van der Waals surface area (Å²) in [6.07, 6.45) is 0. The average Bonchev–Trinajstić information content (AvgIpc) is 2.47. The highest BCUT2D eigenvalue weighted by Crippen LogP contribution is 2.46. The molecule has 0 radical (unpaired) electrons. The van der Waals surface area contributed by atoms with Crippen LogP contribution in [0.15, 0.2) is 60.7 Å². The third-order valence-electron chi connectivity index (χ3n) is 3.95. The van der Waals surface area contributed by atoms with Gasteiger partial charge in [-0.05, 0) is 16.5 Å². The van der Waals surface area contributed by atoms with Crippen molar-refractivity contribution in [1.29, 1.82) is 0 Å². The van der Waals surface area contributed by atoms with Gasteiger partial charge in [0.25, 0.3) is 0 Å². The largest absolute Gasteiger partial charge is 0.0622 e. The van der Waals surface area contributed by atoms with Crippen molar-refractivity contribution in [3.05, 3.63) is 71.8 Å². The second-order valence-corrected chi connectivity index (χ2v) is 5.48. The zero-order chi connectivity index (χ0) is 15.7. The predicted molar refractivity (Wildman–Crippen MR) is 78.8 cm³/mol. The fraction of sp³-hybridized carbons (Fsp3) is 0.333. The Kier molecular flexibility index (Phi) is 2.40. The van der Waals surface area contributed by atoms with E-state index >= 15 is 0 Å². The molecule has 0 unspecified atom stereocenters. The first-order valence-electron chi connectivity index (χ1n) is 7.82. The highest BCUT2D eigenvalue weighted by molar-refractivity contribution is 5.40. The van der Waals surface area contributed by atoms with Gasteiger partial charge in [-0.25, -0.2) is 0 Å². The second-order valence-electron chi connectivity index (χ2n) is 5.48. The molecule has 0 saturated heterocycles. The van der Waals surface area contributed by atoms with Crippen molar-refractivity contribution < 1.29 is 4.11 Å². The zero-order valence-electron chi connectivity index (χ0n) is 14.3. The number of benzene rings is 2. The van der Waals surface area contributed by atoms with Crippen LogP contribution in [0.1, 0.15) is 42.9 Å². The van der Waals surface area contributed by atoms with Crippen LogP contribution >= 0.6 is 0 Å². The number of hydrogen-bond acceptors (Lipinski definition) is 0. The van der Waals surface area contributed by atoms with Crippen molar-refractivity contribution in [2.75, 3.05) is 0 Å². The predicted octanol–water partition coefficient (Wildman–Crippen LogP) is 5.04. The van der Waals surface area contributed by atoms with Gasteiger partial charge in [-0.2, -0.15) is 0 Å². The van der Waals surface area contributed by atoms with Crippen molar-refractivity contribution >= 4 is 0 Å². The normalized spacial score (nSPS) is 15.6. The smallest absolute Gasteiger partial charge is 0.0236 e. The monoisotopic (exact) mass is 241 g/mol. The van der Waals surface area contributed by atoms with Gasteiger partial charge in [-0.3, -0.25) is 0 Å². The van der Waals surface area contributed by atoms with Gasteiger partial charge in [0.1, 0.15) is 0 Å². The third kappa shape index (κ3) is 2.08. The molecule has 94 valence electrons. The van der Waals surface area contributed by atoms with Gasteiger partial charge in [0, 0.05) is 9.53 Å². The highest BCUT2D eigenvalue weighted by atomic mass is 14.4. The van der Waals surface area contributed by atoms with Crippen LogP contribution in [-0.2, 0) is 5.41 Å². The molecule has 0 N–H and O–H groups in total. The van der Waals surface area contributed by atoms with Gasteiger partial charge < -0.3 is 0 Å². The van der Waals surface area contributed by atoms with Crippen molar-refractivity contribution in [2.45, 2.75) is 33.0 Å². The van der Waals surface area contributed by atoms with Crippen LogP contribution in [-0.4, -0.2) is 0 Å². The molecule has 18 heavy (non-hydrogen) atoms. The molecule has 0 bridgehead atoms. The van der Waals surface area contributed by atoms with Crippen molar-refractivity contribution in [3.8, 4) is 0 Å². The third-order valence-corrected chi connectivity index (χ3v) is 3.95. The van der Waals surface area contributed by atoms with Gasteiger partial charge in [0.05, 0.1) is 0 Å². The fourth-order valence-electron chi connectivity index (χ4n) is 2.43. The summed E-state index contributed by atoms with van der Waals surface area (Å²) in [5.41, 5.74) is 0.554. The maximum Gasteiger partial charge on any atom is 0.0236 e. The first-order chi connectivity index (χ1) is 9.71. The lowest BCUT2D eigenvalue weighted by atomic mass is 9.60. The number of rotatable bonds is 2. The van der Waals surface area contributed by atoms with E-state index in [1.807, 2.05) is 81.4 Å². The summed E-state index contributed by atoms with van der Waals surface area (Å²) < 4.78 is 24.1. The summed E-state index contributed by atoms with van der Waals surface area (Å²) in [6.45, 7) is 3.64. The number of hydrogen-bond donors (Lipinski definition) is 0. The van der Waals surface area contributed by atoms with Crippen LogP contribution < -0.4 is 0 Å². The molecule has 0 aliphatic heterocycles. The van der Waals surface area contributed by atoms with Gasteiger partial charge in [-0.1, -0.05) is 88.3 Å². The molecule has 0 fully saturated rings. The van der Waals surface area contributed by atoms with E-state index in [0.29, 0.717) is 0 Å². The Morgan fingerprint density at radius 2 is 1.11 bits per heavy atom. The summed E-state index contributed by atoms with van der Waals surface area (Å²) >= 11 is 0. The Morgan fingerprint density at radius 3 is 1.44 bits per heavy atom. The molecule has 0 nitrogen and oxygen atoms in total. The lowest BCUT2D eigenvalue weighted by Gasteiger charge is -2.43. The molecule has 2 aromatic carbocycles. The molecule has 0 atom stereocenters. The molecule has 2 aromatic rings. The zero-order valence-corrected chi connectivity index (χ0v) is 11.3. The standard InChI is InChI=1S/C18H22/c1-17(2,3)18(4,15-11-7-5-8-12-15)16-13-9-6-10-14-16/h5-14H,1-4H3/i1D3. The van der Waals surface area contributed by atoms with E-state index in [1.165, 1.54) is 0 Å². The molecular weight excluding hydrogens is 216 g/mol. The summed E-state index contributed by atoms with van der Waals surface area (Å²) in [5.74, 6) is 0. The van der Waals surface area contributed by atoms with Crippen molar-refractivity contribution in [3.63, 3.8) is 0 Å². The SMILES string of the molecule is [2H]C([2H])([2H])C(C)(C)C(C)(c1ccccc1)c1ccccc1. The van der Waals surface area contributed by atoms with Gasteiger partial charge in [-0.15, -0.1) is 0 Å². The lowest BCUT2D eigenvalue weighted by molar-refractivity contribution is 0.249. The summed E-state index contributed by atoms with van der Waals surface area (Å²) in [6, 6.07) is 19.8. The van der Waals surface area contributed by atoms with Crippen LogP contribution in [0.3, 0.4) is 0 Å². The van der Waals surface area contributed by atoms with Crippen LogP contribution in [0.5, 0.6) is 0 Å². The second kappa shape index (κ2) is 4.61. The molecule has 0 saturated carbocycles. The molecule has 0 aromatic heterocycles. The Labute approximate surface area is 115 Å². The first-order valence-corrected chi connectivity index (χ1v) is 6.32. The molecular formula is C18H22. The van der Waals surface area contributed by atoms with Gasteiger partial charge >= 0.3 is 0 Å². The fourth-order valence-corrected chi connectivity index (χ4v) is 2.43. The molecule has 2 rings (SSSR count). The van der Waals surface area contributed by atoms with E-state index < -0.39 is 17.7 Å². The van der Waals surface area contributed by atoms with Gasteiger partial charge in [0.15, 0.2) is 0 Å². The minimum atomic E-state index is -2.06. The minimum absolute atomic E-state index is 0.596. The van der Waals surface area contributed by atoms with E-state index in [4.69, 9.17) is 4.11 Å². The topological polar surface area (TPSA) is 0 Å². The van der Waals surface area contributed by atoms with Crippen molar-refractivity contribution in [1.82, 2.24) is 0 Å². The van der Waals surface area contributed by atoms with E-state index in [1.54, 1.807) is 0 Å². The van der Waals surface area contributed by atoms with Gasteiger partial charge in [0.2, 0.25) is 0 Å². The van der Waals surface area contributed by atoms with Crippen LogP contribution in [0.25, 0.3) is 0 Å². The summed E-state index contributed by atoms with van der Waals surface area (Å²) in [4.78, 5) is 0. The van der Waals surface area contributed by atoms with E-state index in [0.717, 1.165) is 11.1 Å². The van der Waals surface area contributed by atoms with Crippen molar-refractivity contribution in [2.24, 2.45) is 5.41 Å². The summed E-state index contributed by atoms with van der Waals surface area (Å²) in [7, 11) is 0. The van der Waals surface area contributed by atoms with E-state index in [2.05, 4.69) is 0 Å². The Hall–Kier alpha value is -1.56. The molecule has 0 aliphatic carbocycles. The minimum Gasteiger partial charge on any atom is -0.0622 e. The molecule has 0 heteroatoms. The maximum absolute atomic E-state index is 8.02. The first kappa shape index (κ1) is 9.38. The van der Waals surface area contributed by atoms with Crippen LogP contribution in [0.4, 0.5) is 0 Å². The van der Waals surface area contributed by atoms with E-state index in [-0.39, 0.29) is 0 Å². The Bertz CT molecular complexity index is 543. The lowest BCUT2D eigenvalue weighted by Crippen LogP contribution is -2.38. The van der Waals surface area contributed by atoms with Crippen LogP contribution in [0, 0.1) is 5.41 Å². The highest BCUT2D eigenvalue weighted by Gasteiger charge is 2.40. The quantitative estimate of drug-likeness (QED) is 0.691. The Balaban J connectivity index is 2.73. The maximum atomic E-state index is 8.02. The molecule has 0 spiro atoms. The molecule has 0 heterocycles. The Morgan fingerprint density at radius 1 is 0.722 bits per heavy atom. The summed E-state index contributed by atoms with van der Waals surface area (Å²) in [5, 5.41) is 0. The molecule has 0 amide bonds. The molecule has 0 aliphatic rings. The van der Waals surface area contributed by atoms with E-state index in [9.17, 15) is 0 Å². The van der Waals surface area contributed by atoms with Crippen LogP contribution in [0.2, 0.25) is 0 Å². The average molecular weight is 241 g/mol.